The average Bonchev–Trinajstić information content (AvgIpc) is 2.68. The molecule has 0 amide bonds. The van der Waals surface area contributed by atoms with Crippen LogP contribution in [0.15, 0.2) is 54.9 Å². The normalized spacial score (nSPS) is 11.0. The van der Waals surface area contributed by atoms with Crippen molar-refractivity contribution in [2.75, 3.05) is 12.4 Å². The van der Waals surface area contributed by atoms with Crippen molar-refractivity contribution in [3.05, 3.63) is 71.5 Å². The summed E-state index contributed by atoms with van der Waals surface area (Å²) in [4.78, 5) is 13.2. The first-order chi connectivity index (χ1) is 13.1. The van der Waals surface area contributed by atoms with Crippen LogP contribution in [0.5, 0.6) is 0 Å². The van der Waals surface area contributed by atoms with Crippen LogP contribution < -0.4 is 5.32 Å². The Morgan fingerprint density at radius 2 is 1.85 bits per heavy atom. The highest BCUT2D eigenvalue weighted by Gasteiger charge is 2.15. The van der Waals surface area contributed by atoms with Crippen molar-refractivity contribution >= 4 is 28.3 Å². The Bertz CT molecular complexity index is 1150. The Labute approximate surface area is 158 Å². The van der Waals surface area contributed by atoms with E-state index in [9.17, 15) is 8.78 Å². The van der Waals surface area contributed by atoms with E-state index in [2.05, 4.69) is 20.3 Å². The number of nitrogens with zero attached hydrogens (tertiary/aromatic N) is 3. The fraction of sp³-hybridized carbons (Fsp3) is 0.0500. The van der Waals surface area contributed by atoms with Gasteiger partial charge in [0.25, 0.3) is 0 Å². The standard InChI is InChI=1S/C20H13ClF2N4/c1-24-20-15-7-12(14-5-4-13(22)9-17(14)23)8-16(21)18(15)26-19(27-20)11-3-2-6-25-10-11/h2-10H,1H3,(H,24,26,27). The molecule has 2 aromatic carbocycles. The maximum atomic E-state index is 14.2. The summed E-state index contributed by atoms with van der Waals surface area (Å²) in [5.74, 6) is -0.277. The van der Waals surface area contributed by atoms with E-state index in [4.69, 9.17) is 11.6 Å². The van der Waals surface area contributed by atoms with Crippen molar-refractivity contribution in [2.24, 2.45) is 0 Å². The summed E-state index contributed by atoms with van der Waals surface area (Å²) in [6, 6.07) is 10.4. The van der Waals surface area contributed by atoms with Crippen molar-refractivity contribution in [3.8, 4) is 22.5 Å². The number of anilines is 1. The molecule has 134 valence electrons. The molecule has 0 aliphatic rings. The third-order valence-electron chi connectivity index (χ3n) is 4.15. The van der Waals surface area contributed by atoms with Gasteiger partial charge in [0.05, 0.1) is 10.5 Å². The van der Waals surface area contributed by atoms with E-state index in [-0.39, 0.29) is 5.56 Å². The second kappa shape index (κ2) is 6.89. The largest absolute Gasteiger partial charge is 0.373 e. The van der Waals surface area contributed by atoms with Gasteiger partial charge >= 0.3 is 0 Å². The van der Waals surface area contributed by atoms with Gasteiger partial charge in [0.15, 0.2) is 5.82 Å². The molecule has 0 saturated heterocycles. The zero-order valence-corrected chi connectivity index (χ0v) is 14.9. The van der Waals surface area contributed by atoms with Crippen LogP contribution in [-0.4, -0.2) is 22.0 Å². The number of pyridine rings is 1. The molecule has 7 heteroatoms. The summed E-state index contributed by atoms with van der Waals surface area (Å²) in [6.07, 6.45) is 3.33. The first-order valence-electron chi connectivity index (χ1n) is 8.11. The number of aromatic nitrogens is 3. The molecule has 0 aliphatic carbocycles. The highest BCUT2D eigenvalue weighted by atomic mass is 35.5. The molecule has 4 nitrogen and oxygen atoms in total. The molecule has 0 spiro atoms. The quantitative estimate of drug-likeness (QED) is 0.520. The molecule has 0 bridgehead atoms. The van der Waals surface area contributed by atoms with Crippen molar-refractivity contribution in [2.45, 2.75) is 0 Å². The predicted octanol–water partition coefficient (Wildman–Crippen LogP) is 5.33. The monoisotopic (exact) mass is 382 g/mol. The number of nitrogens with one attached hydrogen (secondary N) is 1. The van der Waals surface area contributed by atoms with Gasteiger partial charge < -0.3 is 5.32 Å². The highest BCUT2D eigenvalue weighted by Crippen LogP contribution is 2.35. The number of rotatable bonds is 3. The topological polar surface area (TPSA) is 50.7 Å². The molecule has 4 aromatic rings. The predicted molar refractivity (Wildman–Crippen MR) is 103 cm³/mol. The van der Waals surface area contributed by atoms with E-state index >= 15 is 0 Å². The number of hydrogen-bond acceptors (Lipinski definition) is 4. The molecule has 2 heterocycles. The van der Waals surface area contributed by atoms with E-state index in [0.717, 1.165) is 11.6 Å². The fourth-order valence-electron chi connectivity index (χ4n) is 2.88. The summed E-state index contributed by atoms with van der Waals surface area (Å²) in [5, 5.41) is 4.00. The van der Waals surface area contributed by atoms with Gasteiger partial charge in [-0.25, -0.2) is 18.7 Å². The van der Waals surface area contributed by atoms with Crippen LogP contribution in [0.1, 0.15) is 0 Å². The van der Waals surface area contributed by atoms with Crippen LogP contribution in [0, 0.1) is 11.6 Å². The van der Waals surface area contributed by atoms with Crippen molar-refractivity contribution in [1.29, 1.82) is 0 Å². The Kier molecular flexibility index (Phi) is 4.41. The van der Waals surface area contributed by atoms with E-state index in [1.807, 2.05) is 6.07 Å². The minimum atomic E-state index is -0.663. The molecule has 0 aliphatic heterocycles. The Hall–Kier alpha value is -3.12. The Morgan fingerprint density at radius 3 is 2.56 bits per heavy atom. The zero-order valence-electron chi connectivity index (χ0n) is 14.2. The minimum absolute atomic E-state index is 0.249. The summed E-state index contributed by atoms with van der Waals surface area (Å²) in [5.41, 5.74) is 2.04. The smallest absolute Gasteiger partial charge is 0.163 e. The first-order valence-corrected chi connectivity index (χ1v) is 8.49. The van der Waals surface area contributed by atoms with Gasteiger partial charge in [0.1, 0.15) is 17.5 Å². The van der Waals surface area contributed by atoms with E-state index in [1.54, 1.807) is 37.6 Å². The average molecular weight is 383 g/mol. The maximum absolute atomic E-state index is 14.2. The lowest BCUT2D eigenvalue weighted by Gasteiger charge is -2.12. The highest BCUT2D eigenvalue weighted by molar-refractivity contribution is 6.35. The molecule has 1 N–H and O–H groups in total. The third-order valence-corrected chi connectivity index (χ3v) is 4.44. The van der Waals surface area contributed by atoms with Crippen LogP contribution in [0.3, 0.4) is 0 Å². The molecule has 2 aromatic heterocycles. The molecule has 27 heavy (non-hydrogen) atoms. The Morgan fingerprint density at radius 1 is 1.00 bits per heavy atom. The van der Waals surface area contributed by atoms with Gasteiger partial charge in [-0.05, 0) is 42.0 Å². The lowest BCUT2D eigenvalue weighted by molar-refractivity contribution is 0.585. The maximum Gasteiger partial charge on any atom is 0.163 e. The van der Waals surface area contributed by atoms with Crippen molar-refractivity contribution in [3.63, 3.8) is 0 Å². The zero-order chi connectivity index (χ0) is 19.0. The van der Waals surface area contributed by atoms with Crippen LogP contribution in [0.4, 0.5) is 14.6 Å². The van der Waals surface area contributed by atoms with Gasteiger partial charge in [-0.15, -0.1) is 0 Å². The molecule has 4 rings (SSSR count). The fourth-order valence-corrected chi connectivity index (χ4v) is 3.15. The third kappa shape index (κ3) is 3.19. The van der Waals surface area contributed by atoms with Gasteiger partial charge in [0, 0.05) is 42.0 Å². The Balaban J connectivity index is 1.95. The summed E-state index contributed by atoms with van der Waals surface area (Å²) >= 11 is 6.45. The lowest BCUT2D eigenvalue weighted by atomic mass is 10.0. The van der Waals surface area contributed by atoms with E-state index < -0.39 is 11.6 Å². The van der Waals surface area contributed by atoms with E-state index in [0.29, 0.717) is 33.1 Å². The molecule has 0 atom stereocenters. The van der Waals surface area contributed by atoms with Gasteiger partial charge in [-0.1, -0.05) is 11.6 Å². The molecular formula is C20H13ClF2N4. The van der Waals surface area contributed by atoms with Gasteiger partial charge in [0.2, 0.25) is 0 Å². The number of halogens is 3. The van der Waals surface area contributed by atoms with Crippen LogP contribution in [0.2, 0.25) is 5.02 Å². The first kappa shape index (κ1) is 17.3. The van der Waals surface area contributed by atoms with Gasteiger partial charge in [-0.3, -0.25) is 4.98 Å². The summed E-state index contributed by atoms with van der Waals surface area (Å²) in [6.45, 7) is 0. The number of benzene rings is 2. The number of hydrogen-bond donors (Lipinski definition) is 1. The molecular weight excluding hydrogens is 370 g/mol. The van der Waals surface area contributed by atoms with Crippen molar-refractivity contribution < 1.29 is 8.78 Å². The minimum Gasteiger partial charge on any atom is -0.373 e. The van der Waals surface area contributed by atoms with Crippen LogP contribution in [-0.2, 0) is 0 Å². The second-order valence-corrected chi connectivity index (χ2v) is 6.27. The second-order valence-electron chi connectivity index (χ2n) is 5.87. The van der Waals surface area contributed by atoms with E-state index in [1.165, 1.54) is 12.1 Å². The molecule has 0 radical (unpaired) electrons. The SMILES string of the molecule is CNc1nc(-c2cccnc2)nc2c(Cl)cc(-c3ccc(F)cc3F)cc12. The van der Waals surface area contributed by atoms with Crippen LogP contribution >= 0.6 is 11.6 Å². The molecule has 0 saturated carbocycles. The summed E-state index contributed by atoms with van der Waals surface area (Å²) < 4.78 is 27.4. The van der Waals surface area contributed by atoms with Crippen molar-refractivity contribution in [1.82, 2.24) is 15.0 Å². The molecule has 0 fully saturated rings. The summed E-state index contributed by atoms with van der Waals surface area (Å²) in [7, 11) is 1.73. The number of fused-ring (bicyclic) bond motifs is 1. The molecule has 0 unspecified atom stereocenters. The van der Waals surface area contributed by atoms with Crippen LogP contribution in [0.25, 0.3) is 33.4 Å². The lowest BCUT2D eigenvalue weighted by Crippen LogP contribution is -2.00. The van der Waals surface area contributed by atoms with Gasteiger partial charge in [-0.2, -0.15) is 0 Å².